The molecule has 1 unspecified atom stereocenters. The summed E-state index contributed by atoms with van der Waals surface area (Å²) in [4.78, 5) is 0. The summed E-state index contributed by atoms with van der Waals surface area (Å²) < 4.78 is 18.2. The Labute approximate surface area is 102 Å². The van der Waals surface area contributed by atoms with Crippen molar-refractivity contribution in [2.75, 3.05) is 7.11 Å². The van der Waals surface area contributed by atoms with E-state index in [1.807, 2.05) is 6.07 Å². The van der Waals surface area contributed by atoms with Gasteiger partial charge in [0.2, 0.25) is 0 Å². The van der Waals surface area contributed by atoms with Crippen LogP contribution in [0.25, 0.3) is 0 Å². The predicted octanol–water partition coefficient (Wildman–Crippen LogP) is 3.32. The van der Waals surface area contributed by atoms with Crippen LogP contribution in [0.4, 0.5) is 4.39 Å². The van der Waals surface area contributed by atoms with Crippen LogP contribution in [0.15, 0.2) is 18.2 Å². The van der Waals surface area contributed by atoms with Crippen LogP contribution in [0.1, 0.15) is 38.2 Å². The van der Waals surface area contributed by atoms with Gasteiger partial charge in [0.1, 0.15) is 0 Å². The largest absolute Gasteiger partial charge is 0.494 e. The minimum Gasteiger partial charge on any atom is -0.494 e. The summed E-state index contributed by atoms with van der Waals surface area (Å²) in [6.07, 6.45) is 4.08. The monoisotopic (exact) mass is 240 g/mol. The highest BCUT2D eigenvalue weighted by molar-refractivity contribution is 5.29. The topological polar surface area (TPSA) is 29.5 Å². The SMILES string of the molecule is CCCC(O)CCCc1ccc(OC)c(F)c1. The summed E-state index contributed by atoms with van der Waals surface area (Å²) in [7, 11) is 1.46. The maximum atomic E-state index is 13.4. The van der Waals surface area contributed by atoms with Crippen LogP contribution in [0.5, 0.6) is 5.75 Å². The second kappa shape index (κ2) is 7.28. The van der Waals surface area contributed by atoms with Gasteiger partial charge in [0.05, 0.1) is 13.2 Å². The van der Waals surface area contributed by atoms with E-state index in [0.29, 0.717) is 0 Å². The molecule has 2 nitrogen and oxygen atoms in total. The van der Waals surface area contributed by atoms with Crippen LogP contribution >= 0.6 is 0 Å². The first-order chi connectivity index (χ1) is 8.17. The normalized spacial score (nSPS) is 12.5. The Morgan fingerprint density at radius 1 is 1.35 bits per heavy atom. The molecule has 0 spiro atoms. The Balaban J connectivity index is 2.39. The molecule has 0 bridgehead atoms. The molecule has 0 amide bonds. The Kier molecular flexibility index (Phi) is 5.98. The maximum Gasteiger partial charge on any atom is 0.165 e. The van der Waals surface area contributed by atoms with Crippen LogP contribution < -0.4 is 4.74 Å². The average molecular weight is 240 g/mol. The lowest BCUT2D eigenvalue weighted by atomic mass is 10.0. The minimum absolute atomic E-state index is 0.219. The quantitative estimate of drug-likeness (QED) is 0.792. The van der Waals surface area contributed by atoms with Gasteiger partial charge < -0.3 is 9.84 Å². The van der Waals surface area contributed by atoms with Crippen LogP contribution in [0.3, 0.4) is 0 Å². The van der Waals surface area contributed by atoms with E-state index in [1.165, 1.54) is 13.2 Å². The van der Waals surface area contributed by atoms with E-state index in [-0.39, 0.29) is 17.7 Å². The Hall–Kier alpha value is -1.09. The van der Waals surface area contributed by atoms with Crippen LogP contribution in [-0.4, -0.2) is 18.3 Å². The first-order valence-electron chi connectivity index (χ1n) is 6.17. The first-order valence-corrected chi connectivity index (χ1v) is 6.17. The summed E-state index contributed by atoms with van der Waals surface area (Å²) in [6.45, 7) is 2.06. The van der Waals surface area contributed by atoms with Crippen molar-refractivity contribution in [3.63, 3.8) is 0 Å². The molecule has 0 aliphatic carbocycles. The second-order valence-corrected chi connectivity index (χ2v) is 4.30. The third kappa shape index (κ3) is 4.73. The highest BCUT2D eigenvalue weighted by atomic mass is 19.1. The van der Waals surface area contributed by atoms with Crippen LogP contribution in [0, 0.1) is 5.82 Å². The number of hydrogen-bond acceptors (Lipinski definition) is 2. The van der Waals surface area contributed by atoms with Gasteiger partial charge in [0.15, 0.2) is 11.6 Å². The fourth-order valence-corrected chi connectivity index (χ4v) is 1.88. The summed E-state index contributed by atoms with van der Waals surface area (Å²) >= 11 is 0. The molecule has 1 aromatic carbocycles. The fourth-order valence-electron chi connectivity index (χ4n) is 1.88. The van der Waals surface area contributed by atoms with E-state index < -0.39 is 0 Å². The third-order valence-corrected chi connectivity index (χ3v) is 2.84. The molecule has 1 atom stereocenters. The molecule has 0 fully saturated rings. The maximum absolute atomic E-state index is 13.4. The van der Waals surface area contributed by atoms with Gasteiger partial charge in [-0.05, 0) is 43.4 Å². The molecule has 0 radical (unpaired) electrons. The summed E-state index contributed by atoms with van der Waals surface area (Å²) in [5.74, 6) is -0.0427. The summed E-state index contributed by atoms with van der Waals surface area (Å²) in [5.41, 5.74) is 0.951. The van der Waals surface area contributed by atoms with Gasteiger partial charge >= 0.3 is 0 Å². The van der Waals surface area contributed by atoms with E-state index in [0.717, 1.165) is 37.7 Å². The molecule has 0 aliphatic rings. The number of methoxy groups -OCH3 is 1. The van der Waals surface area contributed by atoms with Gasteiger partial charge in [-0.2, -0.15) is 0 Å². The van der Waals surface area contributed by atoms with E-state index in [2.05, 4.69) is 6.92 Å². The Morgan fingerprint density at radius 2 is 2.12 bits per heavy atom. The van der Waals surface area contributed by atoms with E-state index in [9.17, 15) is 9.50 Å². The standard InChI is InChI=1S/C14H21FO2/c1-3-5-12(16)7-4-6-11-8-9-14(17-2)13(15)10-11/h8-10,12,16H,3-7H2,1-2H3. The van der Waals surface area contributed by atoms with Crippen molar-refractivity contribution in [2.45, 2.75) is 45.1 Å². The Bertz CT molecular complexity index is 339. The highest BCUT2D eigenvalue weighted by Crippen LogP contribution is 2.19. The van der Waals surface area contributed by atoms with Crippen molar-refractivity contribution in [1.82, 2.24) is 0 Å². The number of aliphatic hydroxyl groups excluding tert-OH is 1. The van der Waals surface area contributed by atoms with Crippen molar-refractivity contribution >= 4 is 0 Å². The number of benzene rings is 1. The molecule has 1 aromatic rings. The van der Waals surface area contributed by atoms with Gasteiger partial charge in [0.25, 0.3) is 0 Å². The first kappa shape index (κ1) is 14.0. The molecule has 0 aliphatic heterocycles. The minimum atomic E-state index is -0.320. The lowest BCUT2D eigenvalue weighted by molar-refractivity contribution is 0.151. The fraction of sp³-hybridized carbons (Fsp3) is 0.571. The lowest BCUT2D eigenvalue weighted by Gasteiger charge is -2.09. The predicted molar refractivity (Wildman–Crippen MR) is 66.8 cm³/mol. The van der Waals surface area contributed by atoms with E-state index >= 15 is 0 Å². The van der Waals surface area contributed by atoms with Crippen molar-refractivity contribution in [3.05, 3.63) is 29.6 Å². The molecule has 17 heavy (non-hydrogen) atoms. The smallest absolute Gasteiger partial charge is 0.165 e. The molecule has 1 rings (SSSR count). The molecular weight excluding hydrogens is 219 g/mol. The number of halogens is 1. The van der Waals surface area contributed by atoms with Crippen molar-refractivity contribution in [1.29, 1.82) is 0 Å². The molecular formula is C14H21FO2. The van der Waals surface area contributed by atoms with E-state index in [4.69, 9.17) is 4.74 Å². The van der Waals surface area contributed by atoms with E-state index in [1.54, 1.807) is 6.07 Å². The molecule has 0 saturated carbocycles. The molecule has 0 saturated heterocycles. The van der Waals surface area contributed by atoms with Crippen LogP contribution in [0.2, 0.25) is 0 Å². The van der Waals surface area contributed by atoms with Gasteiger partial charge in [-0.25, -0.2) is 4.39 Å². The third-order valence-electron chi connectivity index (χ3n) is 2.84. The molecule has 0 aromatic heterocycles. The summed E-state index contributed by atoms with van der Waals surface area (Å²) in [6, 6.07) is 5.02. The van der Waals surface area contributed by atoms with Gasteiger partial charge in [0, 0.05) is 0 Å². The number of hydrogen-bond donors (Lipinski definition) is 1. The zero-order valence-corrected chi connectivity index (χ0v) is 10.6. The zero-order chi connectivity index (χ0) is 12.7. The average Bonchev–Trinajstić information content (AvgIpc) is 2.29. The second-order valence-electron chi connectivity index (χ2n) is 4.30. The van der Waals surface area contributed by atoms with Gasteiger partial charge in [-0.1, -0.05) is 19.4 Å². The number of aryl methyl sites for hydroxylation is 1. The number of ether oxygens (including phenoxy) is 1. The van der Waals surface area contributed by atoms with Crippen molar-refractivity contribution < 1.29 is 14.2 Å². The summed E-state index contributed by atoms with van der Waals surface area (Å²) in [5, 5.41) is 9.57. The number of rotatable bonds is 7. The van der Waals surface area contributed by atoms with Crippen LogP contribution in [-0.2, 0) is 6.42 Å². The lowest BCUT2D eigenvalue weighted by Crippen LogP contribution is -2.05. The van der Waals surface area contributed by atoms with Gasteiger partial charge in [-0.15, -0.1) is 0 Å². The van der Waals surface area contributed by atoms with Crippen molar-refractivity contribution in [3.8, 4) is 5.75 Å². The molecule has 1 N–H and O–H groups in total. The number of aliphatic hydroxyl groups is 1. The zero-order valence-electron chi connectivity index (χ0n) is 10.6. The Morgan fingerprint density at radius 3 is 2.71 bits per heavy atom. The van der Waals surface area contributed by atoms with Crippen molar-refractivity contribution in [2.24, 2.45) is 0 Å². The van der Waals surface area contributed by atoms with Gasteiger partial charge in [-0.3, -0.25) is 0 Å². The molecule has 3 heteroatoms. The molecule has 0 heterocycles. The highest BCUT2D eigenvalue weighted by Gasteiger charge is 2.05. The molecule has 96 valence electrons.